The average Bonchev–Trinajstić information content (AvgIpc) is 2.56. The van der Waals surface area contributed by atoms with Gasteiger partial charge >= 0.3 is 0 Å². The quantitative estimate of drug-likeness (QED) is 0.806. The topological polar surface area (TPSA) is 76.2 Å². The Morgan fingerprint density at radius 2 is 2.39 bits per heavy atom. The van der Waals surface area contributed by atoms with Crippen molar-refractivity contribution in [3.05, 3.63) is 15.9 Å². The molecule has 1 saturated heterocycles. The zero-order valence-electron chi connectivity index (χ0n) is 10.6. The molecule has 18 heavy (non-hydrogen) atoms. The van der Waals surface area contributed by atoms with Crippen molar-refractivity contribution in [3.63, 3.8) is 0 Å². The second-order valence-electron chi connectivity index (χ2n) is 4.56. The van der Waals surface area contributed by atoms with Gasteiger partial charge in [0.05, 0.1) is 15.9 Å². The summed E-state index contributed by atoms with van der Waals surface area (Å²) in [6.45, 7) is 4.93. The number of carbonyl (C=O) groups is 1. The van der Waals surface area contributed by atoms with Crippen LogP contribution < -0.4 is 11.1 Å². The van der Waals surface area contributed by atoms with E-state index in [0.717, 1.165) is 29.0 Å². The molecule has 100 valence electrons. The fourth-order valence-electron chi connectivity index (χ4n) is 2.26. The minimum absolute atomic E-state index is 0.249. The summed E-state index contributed by atoms with van der Waals surface area (Å²) in [6, 6.07) is -0.249. The van der Waals surface area contributed by atoms with Crippen LogP contribution in [0.5, 0.6) is 0 Å². The number of nitrogens with one attached hydrogen (secondary N) is 1. The lowest BCUT2D eigenvalue weighted by molar-refractivity contribution is -0.124. The summed E-state index contributed by atoms with van der Waals surface area (Å²) in [5.74, 6) is -0.280. The van der Waals surface area contributed by atoms with Crippen LogP contribution in [0, 0.1) is 6.92 Å². The van der Waals surface area contributed by atoms with Crippen molar-refractivity contribution in [2.45, 2.75) is 19.5 Å². The van der Waals surface area contributed by atoms with Crippen LogP contribution in [-0.2, 0) is 18.4 Å². The van der Waals surface area contributed by atoms with Crippen molar-refractivity contribution in [1.29, 1.82) is 0 Å². The van der Waals surface area contributed by atoms with Gasteiger partial charge in [-0.05, 0) is 22.9 Å². The van der Waals surface area contributed by atoms with E-state index >= 15 is 0 Å². The standard InChI is InChI=1S/C11H18BrN5O/c1-7-10(12)9(16(2)15-7)6-17-4-3-14-5-8(17)11(13)18/h8,14H,3-6H2,1-2H3,(H2,13,18). The number of hydrogen-bond acceptors (Lipinski definition) is 4. The van der Waals surface area contributed by atoms with Crippen LogP contribution in [0.2, 0.25) is 0 Å². The molecule has 0 bridgehead atoms. The van der Waals surface area contributed by atoms with Gasteiger partial charge in [0.15, 0.2) is 0 Å². The molecular formula is C11H18BrN5O. The minimum atomic E-state index is -0.280. The molecule has 1 atom stereocenters. The number of nitrogens with zero attached hydrogens (tertiary/aromatic N) is 3. The molecule has 2 rings (SSSR count). The van der Waals surface area contributed by atoms with Crippen LogP contribution >= 0.6 is 15.9 Å². The van der Waals surface area contributed by atoms with Crippen LogP contribution in [0.15, 0.2) is 4.47 Å². The highest BCUT2D eigenvalue weighted by Gasteiger charge is 2.28. The lowest BCUT2D eigenvalue weighted by Gasteiger charge is -2.34. The number of hydrogen-bond donors (Lipinski definition) is 2. The Morgan fingerprint density at radius 3 is 2.94 bits per heavy atom. The van der Waals surface area contributed by atoms with Crippen molar-refractivity contribution in [2.24, 2.45) is 12.8 Å². The van der Waals surface area contributed by atoms with Crippen LogP contribution in [0.4, 0.5) is 0 Å². The molecule has 0 spiro atoms. The Morgan fingerprint density at radius 1 is 1.67 bits per heavy atom. The predicted octanol–water partition coefficient (Wildman–Crippen LogP) is -0.250. The molecular weight excluding hydrogens is 298 g/mol. The molecule has 0 aromatic carbocycles. The second kappa shape index (κ2) is 5.38. The Labute approximate surface area is 115 Å². The molecule has 2 heterocycles. The lowest BCUT2D eigenvalue weighted by atomic mass is 10.1. The van der Waals surface area contributed by atoms with E-state index < -0.39 is 0 Å². The number of rotatable bonds is 3. The van der Waals surface area contributed by atoms with E-state index in [9.17, 15) is 4.79 Å². The maximum atomic E-state index is 11.4. The number of primary amides is 1. The molecule has 0 aliphatic carbocycles. The third kappa shape index (κ3) is 2.57. The van der Waals surface area contributed by atoms with Crippen LogP contribution in [0.3, 0.4) is 0 Å². The molecule has 1 unspecified atom stereocenters. The first-order valence-corrected chi connectivity index (χ1v) is 6.72. The Hall–Kier alpha value is -0.920. The van der Waals surface area contributed by atoms with Crippen molar-refractivity contribution in [1.82, 2.24) is 20.0 Å². The summed E-state index contributed by atoms with van der Waals surface area (Å²) in [7, 11) is 1.91. The minimum Gasteiger partial charge on any atom is -0.368 e. The van der Waals surface area contributed by atoms with Gasteiger partial charge in [-0.25, -0.2) is 0 Å². The van der Waals surface area contributed by atoms with E-state index in [2.05, 4.69) is 31.2 Å². The van der Waals surface area contributed by atoms with Crippen LogP contribution in [-0.4, -0.2) is 46.3 Å². The monoisotopic (exact) mass is 315 g/mol. The number of carbonyl (C=O) groups excluding carboxylic acids is 1. The highest BCUT2D eigenvalue weighted by Crippen LogP contribution is 2.22. The highest BCUT2D eigenvalue weighted by molar-refractivity contribution is 9.10. The average molecular weight is 316 g/mol. The maximum absolute atomic E-state index is 11.4. The Balaban J connectivity index is 2.18. The summed E-state index contributed by atoms with van der Waals surface area (Å²) < 4.78 is 2.85. The summed E-state index contributed by atoms with van der Waals surface area (Å²) in [4.78, 5) is 13.5. The SMILES string of the molecule is Cc1nn(C)c(CN2CCNCC2C(N)=O)c1Br. The van der Waals surface area contributed by atoms with Gasteiger partial charge in [0.2, 0.25) is 5.91 Å². The first-order valence-electron chi connectivity index (χ1n) is 5.92. The number of piperazine rings is 1. The summed E-state index contributed by atoms with van der Waals surface area (Å²) in [5.41, 5.74) is 7.46. The van der Waals surface area contributed by atoms with E-state index in [1.54, 1.807) is 0 Å². The fourth-order valence-corrected chi connectivity index (χ4v) is 2.72. The molecule has 1 amide bonds. The zero-order chi connectivity index (χ0) is 13.3. The predicted molar refractivity (Wildman–Crippen MR) is 71.9 cm³/mol. The van der Waals surface area contributed by atoms with Gasteiger partial charge in [0.25, 0.3) is 0 Å². The van der Waals surface area contributed by atoms with Gasteiger partial charge in [0, 0.05) is 33.2 Å². The first kappa shape index (κ1) is 13.5. The van der Waals surface area contributed by atoms with Crippen molar-refractivity contribution >= 4 is 21.8 Å². The molecule has 0 radical (unpaired) electrons. The molecule has 1 aromatic rings. The van der Waals surface area contributed by atoms with Crippen LogP contribution in [0.25, 0.3) is 0 Å². The van der Waals surface area contributed by atoms with Gasteiger partial charge < -0.3 is 11.1 Å². The van der Waals surface area contributed by atoms with E-state index in [1.807, 2.05) is 18.7 Å². The van der Waals surface area contributed by atoms with Crippen molar-refractivity contribution in [3.8, 4) is 0 Å². The zero-order valence-corrected chi connectivity index (χ0v) is 12.2. The molecule has 1 fully saturated rings. The number of amides is 1. The van der Waals surface area contributed by atoms with Gasteiger partial charge in [-0.3, -0.25) is 14.4 Å². The lowest BCUT2D eigenvalue weighted by Crippen LogP contribution is -2.56. The van der Waals surface area contributed by atoms with E-state index in [-0.39, 0.29) is 11.9 Å². The third-order valence-electron chi connectivity index (χ3n) is 3.30. The third-order valence-corrected chi connectivity index (χ3v) is 4.33. The summed E-state index contributed by atoms with van der Waals surface area (Å²) in [6.07, 6.45) is 0. The Kier molecular flexibility index (Phi) is 4.04. The first-order chi connectivity index (χ1) is 8.50. The molecule has 0 saturated carbocycles. The molecule has 1 aliphatic rings. The van der Waals surface area contributed by atoms with Crippen molar-refractivity contribution in [2.75, 3.05) is 19.6 Å². The number of aromatic nitrogens is 2. The van der Waals surface area contributed by atoms with Gasteiger partial charge in [0.1, 0.15) is 6.04 Å². The highest BCUT2D eigenvalue weighted by atomic mass is 79.9. The van der Waals surface area contributed by atoms with Gasteiger partial charge in [-0.15, -0.1) is 0 Å². The molecule has 1 aromatic heterocycles. The summed E-state index contributed by atoms with van der Waals surface area (Å²) >= 11 is 3.54. The number of nitrogens with two attached hydrogens (primary N) is 1. The maximum Gasteiger partial charge on any atom is 0.236 e. The largest absolute Gasteiger partial charge is 0.368 e. The summed E-state index contributed by atoms with van der Waals surface area (Å²) in [5, 5.41) is 7.55. The van der Waals surface area contributed by atoms with Crippen LogP contribution in [0.1, 0.15) is 11.4 Å². The number of aryl methyl sites for hydroxylation is 2. The second-order valence-corrected chi connectivity index (χ2v) is 5.36. The molecule has 7 heteroatoms. The van der Waals surface area contributed by atoms with E-state index in [0.29, 0.717) is 13.1 Å². The molecule has 3 N–H and O–H groups in total. The van der Waals surface area contributed by atoms with E-state index in [1.165, 1.54) is 0 Å². The molecule has 1 aliphatic heterocycles. The molecule has 6 nitrogen and oxygen atoms in total. The normalized spacial score (nSPS) is 21.2. The van der Waals surface area contributed by atoms with Crippen molar-refractivity contribution < 1.29 is 4.79 Å². The Bertz CT molecular complexity index is 459. The van der Waals surface area contributed by atoms with E-state index in [4.69, 9.17) is 5.73 Å². The van der Waals surface area contributed by atoms with Gasteiger partial charge in [-0.1, -0.05) is 0 Å². The smallest absolute Gasteiger partial charge is 0.236 e. The van der Waals surface area contributed by atoms with Gasteiger partial charge in [-0.2, -0.15) is 5.10 Å². The number of halogens is 1. The fraction of sp³-hybridized carbons (Fsp3) is 0.636.